The van der Waals surface area contributed by atoms with Crippen molar-refractivity contribution in [3.05, 3.63) is 28.8 Å². The van der Waals surface area contributed by atoms with Crippen molar-refractivity contribution < 1.29 is 14.3 Å². The predicted molar refractivity (Wildman–Crippen MR) is 80.2 cm³/mol. The fourth-order valence-corrected chi connectivity index (χ4v) is 2.17. The van der Waals surface area contributed by atoms with Gasteiger partial charge in [-0.05, 0) is 38.4 Å². The molecule has 20 heavy (non-hydrogen) atoms. The summed E-state index contributed by atoms with van der Waals surface area (Å²) in [4.78, 5) is 11.9. The lowest BCUT2D eigenvalue weighted by molar-refractivity contribution is -0.151. The number of carbonyl (C=O) groups is 1. The highest BCUT2D eigenvalue weighted by molar-refractivity contribution is 6.31. The Kier molecular flexibility index (Phi) is 7.41. The summed E-state index contributed by atoms with van der Waals surface area (Å²) >= 11 is 6.16. The average Bonchev–Trinajstić information content (AvgIpc) is 2.42. The third kappa shape index (κ3) is 4.69. The van der Waals surface area contributed by atoms with E-state index in [-0.39, 0.29) is 5.97 Å². The van der Waals surface area contributed by atoms with E-state index in [1.165, 1.54) is 0 Å². The fourth-order valence-electron chi connectivity index (χ4n) is 1.91. The Balaban J connectivity index is 2.92. The van der Waals surface area contributed by atoms with Gasteiger partial charge in [-0.1, -0.05) is 31.0 Å². The smallest absolute Gasteiger partial charge is 0.347 e. The third-order valence-corrected chi connectivity index (χ3v) is 3.19. The minimum Gasteiger partial charge on any atom is -0.478 e. The van der Waals surface area contributed by atoms with E-state index in [1.807, 2.05) is 6.92 Å². The second kappa shape index (κ2) is 8.82. The lowest BCUT2D eigenvalue weighted by Crippen LogP contribution is -2.29. The highest BCUT2D eigenvalue weighted by atomic mass is 35.5. The zero-order valence-corrected chi connectivity index (χ0v) is 12.8. The van der Waals surface area contributed by atoms with Gasteiger partial charge in [0, 0.05) is 10.6 Å². The predicted octanol–water partition coefficient (Wildman–Crippen LogP) is 2.95. The SMILES string of the molecule is CCCC(Oc1cccc(Cl)c1CCN)C(=O)OCC. The molecule has 0 spiro atoms. The van der Waals surface area contributed by atoms with Crippen molar-refractivity contribution in [3.8, 4) is 5.75 Å². The molecule has 0 aromatic heterocycles. The van der Waals surface area contributed by atoms with Gasteiger partial charge in [0.05, 0.1) is 6.61 Å². The van der Waals surface area contributed by atoms with Crippen molar-refractivity contribution in [3.63, 3.8) is 0 Å². The Hall–Kier alpha value is -1.26. The van der Waals surface area contributed by atoms with Crippen molar-refractivity contribution >= 4 is 17.6 Å². The van der Waals surface area contributed by atoms with E-state index >= 15 is 0 Å². The molecule has 0 fully saturated rings. The van der Waals surface area contributed by atoms with Crippen molar-refractivity contribution in [2.75, 3.05) is 13.2 Å². The molecular weight excluding hydrogens is 278 g/mol. The maximum Gasteiger partial charge on any atom is 0.347 e. The standard InChI is InChI=1S/C15H22ClNO3/c1-3-6-14(15(18)19-4-2)20-13-8-5-7-12(16)11(13)9-10-17/h5,7-8,14H,3-4,6,9-10,17H2,1-2H3. The van der Waals surface area contributed by atoms with Crippen LogP contribution in [0.4, 0.5) is 0 Å². The number of benzene rings is 1. The van der Waals surface area contributed by atoms with Gasteiger partial charge in [-0.2, -0.15) is 0 Å². The van der Waals surface area contributed by atoms with Crippen LogP contribution in [0.5, 0.6) is 5.75 Å². The first-order valence-corrected chi connectivity index (χ1v) is 7.32. The summed E-state index contributed by atoms with van der Waals surface area (Å²) in [5, 5.41) is 0.604. The number of nitrogens with two attached hydrogens (primary N) is 1. The van der Waals surface area contributed by atoms with Gasteiger partial charge in [0.15, 0.2) is 6.10 Å². The maximum atomic E-state index is 11.9. The fraction of sp³-hybridized carbons (Fsp3) is 0.533. The average molecular weight is 300 g/mol. The zero-order valence-electron chi connectivity index (χ0n) is 12.0. The number of rotatable bonds is 8. The molecule has 1 aromatic carbocycles. The molecule has 0 radical (unpaired) electrons. The van der Waals surface area contributed by atoms with Crippen LogP contribution in [-0.4, -0.2) is 25.2 Å². The zero-order chi connectivity index (χ0) is 15.0. The topological polar surface area (TPSA) is 61.5 Å². The van der Waals surface area contributed by atoms with E-state index in [0.29, 0.717) is 36.8 Å². The maximum absolute atomic E-state index is 11.9. The molecule has 0 aliphatic rings. The van der Waals surface area contributed by atoms with Crippen molar-refractivity contribution in [2.24, 2.45) is 5.73 Å². The number of hydrogen-bond acceptors (Lipinski definition) is 4. The molecule has 5 heteroatoms. The molecule has 1 rings (SSSR count). The summed E-state index contributed by atoms with van der Waals surface area (Å²) in [6.07, 6.45) is 1.44. The van der Waals surface area contributed by atoms with Gasteiger partial charge in [-0.15, -0.1) is 0 Å². The molecule has 2 N–H and O–H groups in total. The Morgan fingerprint density at radius 2 is 2.15 bits per heavy atom. The molecule has 0 saturated carbocycles. The first-order valence-electron chi connectivity index (χ1n) is 6.94. The van der Waals surface area contributed by atoms with Crippen LogP contribution in [0.25, 0.3) is 0 Å². The summed E-state index contributed by atoms with van der Waals surface area (Å²) in [6.45, 7) is 4.58. The minimum absolute atomic E-state index is 0.340. The van der Waals surface area contributed by atoms with Gasteiger partial charge < -0.3 is 15.2 Å². The Morgan fingerprint density at radius 3 is 2.75 bits per heavy atom. The Labute approximate surface area is 125 Å². The molecule has 1 atom stereocenters. The van der Waals surface area contributed by atoms with Crippen LogP contribution in [-0.2, 0) is 16.0 Å². The number of halogens is 1. The van der Waals surface area contributed by atoms with E-state index in [0.717, 1.165) is 12.0 Å². The van der Waals surface area contributed by atoms with Crippen LogP contribution in [0.2, 0.25) is 5.02 Å². The summed E-state index contributed by atoms with van der Waals surface area (Å²) in [6, 6.07) is 5.39. The van der Waals surface area contributed by atoms with Crippen LogP contribution in [0.1, 0.15) is 32.3 Å². The highest BCUT2D eigenvalue weighted by Gasteiger charge is 2.22. The van der Waals surface area contributed by atoms with E-state index in [1.54, 1.807) is 25.1 Å². The van der Waals surface area contributed by atoms with Crippen molar-refractivity contribution in [1.82, 2.24) is 0 Å². The molecular formula is C15H22ClNO3. The first-order chi connectivity index (χ1) is 9.63. The number of hydrogen-bond donors (Lipinski definition) is 1. The van der Waals surface area contributed by atoms with E-state index in [2.05, 4.69) is 0 Å². The normalized spacial score (nSPS) is 12.0. The van der Waals surface area contributed by atoms with Gasteiger partial charge in [0.1, 0.15) is 5.75 Å². The Bertz CT molecular complexity index is 437. The quantitative estimate of drug-likeness (QED) is 0.750. The van der Waals surface area contributed by atoms with E-state index in [4.69, 9.17) is 26.8 Å². The second-order valence-electron chi connectivity index (χ2n) is 4.40. The van der Waals surface area contributed by atoms with Gasteiger partial charge in [-0.25, -0.2) is 4.79 Å². The third-order valence-electron chi connectivity index (χ3n) is 2.84. The summed E-state index contributed by atoms with van der Waals surface area (Å²) in [5.41, 5.74) is 6.42. The summed E-state index contributed by atoms with van der Waals surface area (Å²) < 4.78 is 10.9. The van der Waals surface area contributed by atoms with Crippen LogP contribution in [0, 0.1) is 0 Å². The lowest BCUT2D eigenvalue weighted by atomic mass is 10.1. The molecule has 0 heterocycles. The van der Waals surface area contributed by atoms with Crippen LogP contribution < -0.4 is 10.5 Å². The van der Waals surface area contributed by atoms with Gasteiger partial charge >= 0.3 is 5.97 Å². The van der Waals surface area contributed by atoms with Crippen LogP contribution >= 0.6 is 11.6 Å². The molecule has 112 valence electrons. The van der Waals surface area contributed by atoms with Gasteiger partial charge in [0.2, 0.25) is 0 Å². The number of ether oxygens (including phenoxy) is 2. The Morgan fingerprint density at radius 1 is 1.40 bits per heavy atom. The van der Waals surface area contributed by atoms with Gasteiger partial charge in [-0.3, -0.25) is 0 Å². The van der Waals surface area contributed by atoms with Crippen molar-refractivity contribution in [2.45, 2.75) is 39.2 Å². The first kappa shape index (κ1) is 16.8. The largest absolute Gasteiger partial charge is 0.478 e. The molecule has 4 nitrogen and oxygen atoms in total. The lowest BCUT2D eigenvalue weighted by Gasteiger charge is -2.19. The van der Waals surface area contributed by atoms with Crippen LogP contribution in [0.3, 0.4) is 0 Å². The highest BCUT2D eigenvalue weighted by Crippen LogP contribution is 2.28. The monoisotopic (exact) mass is 299 g/mol. The van der Waals surface area contributed by atoms with Crippen molar-refractivity contribution in [1.29, 1.82) is 0 Å². The van der Waals surface area contributed by atoms with Gasteiger partial charge in [0.25, 0.3) is 0 Å². The minimum atomic E-state index is -0.602. The molecule has 0 aliphatic heterocycles. The summed E-state index contributed by atoms with van der Waals surface area (Å²) in [7, 11) is 0. The number of carbonyl (C=O) groups excluding carboxylic acids is 1. The molecule has 0 amide bonds. The molecule has 1 unspecified atom stereocenters. The molecule has 1 aromatic rings. The molecule has 0 aliphatic carbocycles. The number of esters is 1. The van der Waals surface area contributed by atoms with E-state index in [9.17, 15) is 4.79 Å². The van der Waals surface area contributed by atoms with Crippen LogP contribution in [0.15, 0.2) is 18.2 Å². The summed E-state index contributed by atoms with van der Waals surface area (Å²) in [5.74, 6) is 0.266. The molecule has 0 saturated heterocycles. The van der Waals surface area contributed by atoms with E-state index < -0.39 is 6.10 Å². The molecule has 0 bridgehead atoms. The second-order valence-corrected chi connectivity index (χ2v) is 4.81.